The minimum atomic E-state index is 1.10. The summed E-state index contributed by atoms with van der Waals surface area (Å²) in [7, 11) is 0. The van der Waals surface area contributed by atoms with Crippen molar-refractivity contribution in [3.8, 4) is 66.8 Å². The van der Waals surface area contributed by atoms with Gasteiger partial charge in [-0.1, -0.05) is 194 Å². The van der Waals surface area contributed by atoms with Crippen molar-refractivity contribution < 1.29 is 0 Å². The average molecular weight is 858 g/mol. The summed E-state index contributed by atoms with van der Waals surface area (Å²) in [6.07, 6.45) is 0. The van der Waals surface area contributed by atoms with E-state index in [1.54, 1.807) is 0 Å². The summed E-state index contributed by atoms with van der Waals surface area (Å²) < 4.78 is 2.65. The number of hydrogen-bond donors (Lipinski definition) is 0. The maximum atomic E-state index is 2.36. The van der Waals surface area contributed by atoms with Crippen molar-refractivity contribution in [3.05, 3.63) is 261 Å². The number of fused-ring (bicyclic) bond motifs is 4. The highest BCUT2D eigenvalue weighted by Crippen LogP contribution is 2.40. The van der Waals surface area contributed by atoms with Gasteiger partial charge in [0.2, 0.25) is 0 Å². The fourth-order valence-corrected chi connectivity index (χ4v) is 10.4. The number of benzene rings is 11. The third kappa shape index (κ3) is 7.64. The van der Waals surface area contributed by atoms with E-state index in [0.717, 1.165) is 17.1 Å². The lowest BCUT2D eigenvalue weighted by Gasteiger charge is -2.26. The van der Waals surface area contributed by atoms with Gasteiger partial charge in [-0.2, -0.15) is 0 Å². The van der Waals surface area contributed by atoms with Gasteiger partial charge in [-0.3, -0.25) is 0 Å². The van der Waals surface area contributed by atoms with Gasteiger partial charge in [0.15, 0.2) is 0 Å². The second-order valence-electron chi connectivity index (χ2n) is 16.9. The Morgan fingerprint density at radius 3 is 1.15 bits per heavy atom. The van der Waals surface area contributed by atoms with E-state index in [1.807, 2.05) is 11.3 Å². The Morgan fingerprint density at radius 2 is 0.576 bits per heavy atom. The van der Waals surface area contributed by atoms with E-state index in [9.17, 15) is 0 Å². The van der Waals surface area contributed by atoms with Crippen LogP contribution in [0.25, 0.3) is 97.7 Å². The van der Waals surface area contributed by atoms with Gasteiger partial charge in [0, 0.05) is 37.2 Å². The van der Waals surface area contributed by atoms with Gasteiger partial charge in [0.25, 0.3) is 0 Å². The van der Waals surface area contributed by atoms with Gasteiger partial charge in [-0.05, 0) is 144 Å². The van der Waals surface area contributed by atoms with Crippen molar-refractivity contribution in [1.29, 1.82) is 0 Å². The molecule has 0 aliphatic rings. The lowest BCUT2D eigenvalue weighted by Crippen LogP contribution is -2.09. The highest BCUT2D eigenvalue weighted by atomic mass is 32.1. The van der Waals surface area contributed by atoms with E-state index in [-0.39, 0.29) is 0 Å². The molecule has 12 aromatic rings. The van der Waals surface area contributed by atoms with E-state index in [1.165, 1.54) is 97.7 Å². The molecule has 0 spiro atoms. The molecule has 1 aromatic heterocycles. The predicted octanol–water partition coefficient (Wildman–Crippen LogP) is 18.7. The molecule has 0 unspecified atom stereocenters. The summed E-state index contributed by atoms with van der Waals surface area (Å²) in [5, 5.41) is 5.15. The fraction of sp³-hybridized carbons (Fsp3) is 0. The number of hydrogen-bond acceptors (Lipinski definition) is 2. The average Bonchev–Trinajstić information content (AvgIpc) is 3.78. The van der Waals surface area contributed by atoms with Gasteiger partial charge in [-0.15, -0.1) is 11.3 Å². The normalized spacial score (nSPS) is 11.3. The van der Waals surface area contributed by atoms with Crippen LogP contribution in [-0.2, 0) is 0 Å². The first kappa shape index (κ1) is 39.3. The largest absolute Gasteiger partial charge is 0.311 e. The van der Waals surface area contributed by atoms with Gasteiger partial charge in [-0.25, -0.2) is 0 Å². The molecule has 0 fully saturated rings. The SMILES string of the molecule is c1ccc(-c2ccc(-c3ccc(N(c4ccc(-c5ccc(-c6cccc(-c7ccc8ccccc8c7)c6)cc5)cc4)c4ccc(-c5ccc6sc7ccccc7c6c5)cc4)cc3)cc2)cc1. The first-order valence-electron chi connectivity index (χ1n) is 22.5. The van der Waals surface area contributed by atoms with Crippen molar-refractivity contribution in [2.24, 2.45) is 0 Å². The van der Waals surface area contributed by atoms with Gasteiger partial charge in [0.05, 0.1) is 0 Å². The first-order chi connectivity index (χ1) is 32.7. The maximum absolute atomic E-state index is 2.36. The van der Waals surface area contributed by atoms with Crippen LogP contribution >= 0.6 is 11.3 Å². The summed E-state index contributed by atoms with van der Waals surface area (Å²) >= 11 is 1.86. The monoisotopic (exact) mass is 857 g/mol. The van der Waals surface area contributed by atoms with Crippen molar-refractivity contribution in [3.63, 3.8) is 0 Å². The second-order valence-corrected chi connectivity index (χ2v) is 18.0. The molecule has 0 saturated heterocycles. The van der Waals surface area contributed by atoms with Crippen LogP contribution in [0, 0.1) is 0 Å². The van der Waals surface area contributed by atoms with Crippen LogP contribution in [-0.4, -0.2) is 0 Å². The summed E-state index contributed by atoms with van der Waals surface area (Å²) in [4.78, 5) is 2.36. The molecule has 0 radical (unpaired) electrons. The fourth-order valence-electron chi connectivity index (χ4n) is 9.35. The minimum absolute atomic E-state index is 1.10. The van der Waals surface area contributed by atoms with Gasteiger partial charge in [0.1, 0.15) is 0 Å². The zero-order valence-corrected chi connectivity index (χ0v) is 37.0. The van der Waals surface area contributed by atoms with Crippen LogP contribution in [0.3, 0.4) is 0 Å². The quantitative estimate of drug-likeness (QED) is 0.140. The standard InChI is InChI=1S/C64H43NS/c1-2-9-44(10-3-1)46-17-19-47(20-18-46)49-27-34-58(35-28-49)65(60-38-31-52(32-39-60)57-33-40-64-62(43-57)61-15-6-7-16-63(61)66-64)59-36-29-50(30-37-59)48-21-23-51(24-22-48)54-13-8-14-55(41-54)56-26-25-45-11-4-5-12-53(45)42-56/h1-43H. The lowest BCUT2D eigenvalue weighted by atomic mass is 9.96. The van der Waals surface area contributed by atoms with Crippen LogP contribution in [0.5, 0.6) is 0 Å². The molecule has 0 aliphatic carbocycles. The van der Waals surface area contributed by atoms with Crippen LogP contribution < -0.4 is 4.90 Å². The minimum Gasteiger partial charge on any atom is -0.311 e. The number of thiophene rings is 1. The van der Waals surface area contributed by atoms with E-state index < -0.39 is 0 Å². The van der Waals surface area contributed by atoms with Crippen molar-refractivity contribution in [2.75, 3.05) is 4.90 Å². The van der Waals surface area contributed by atoms with Crippen LogP contribution in [0.1, 0.15) is 0 Å². The van der Waals surface area contributed by atoms with E-state index in [0.29, 0.717) is 0 Å². The molecular weight excluding hydrogens is 815 g/mol. The zero-order valence-electron chi connectivity index (χ0n) is 36.2. The molecule has 1 heterocycles. The second kappa shape index (κ2) is 17.0. The Hall–Kier alpha value is -8.30. The number of rotatable bonds is 9. The Labute approximate surface area is 389 Å². The van der Waals surface area contributed by atoms with E-state index >= 15 is 0 Å². The molecular formula is C64H43NS. The van der Waals surface area contributed by atoms with Crippen molar-refractivity contribution >= 4 is 59.3 Å². The Morgan fingerprint density at radius 1 is 0.212 bits per heavy atom. The van der Waals surface area contributed by atoms with Crippen molar-refractivity contribution in [1.82, 2.24) is 0 Å². The molecule has 0 N–H and O–H groups in total. The van der Waals surface area contributed by atoms with Gasteiger partial charge < -0.3 is 4.90 Å². The molecule has 0 bridgehead atoms. The molecule has 310 valence electrons. The first-order valence-corrected chi connectivity index (χ1v) is 23.4. The highest BCUT2D eigenvalue weighted by Gasteiger charge is 2.15. The Kier molecular flexibility index (Phi) is 10.1. The van der Waals surface area contributed by atoms with Crippen LogP contribution in [0.2, 0.25) is 0 Å². The Bertz CT molecular complexity index is 3640. The molecule has 12 rings (SSSR count). The lowest BCUT2D eigenvalue weighted by molar-refractivity contribution is 1.28. The third-order valence-electron chi connectivity index (χ3n) is 12.9. The van der Waals surface area contributed by atoms with Crippen LogP contribution in [0.4, 0.5) is 17.1 Å². The molecule has 0 aliphatic heterocycles. The molecule has 2 heteroatoms. The molecule has 0 amide bonds. The summed E-state index contributed by atoms with van der Waals surface area (Å²) in [5.74, 6) is 0. The topological polar surface area (TPSA) is 3.24 Å². The summed E-state index contributed by atoms with van der Waals surface area (Å²) in [6.45, 7) is 0. The smallest absolute Gasteiger partial charge is 0.0462 e. The van der Waals surface area contributed by atoms with E-state index in [2.05, 4.69) is 266 Å². The summed E-state index contributed by atoms with van der Waals surface area (Å²) in [6, 6.07) is 95.1. The number of nitrogens with zero attached hydrogens (tertiary/aromatic N) is 1. The zero-order chi connectivity index (χ0) is 43.8. The summed E-state index contributed by atoms with van der Waals surface area (Å²) in [5.41, 5.74) is 17.8. The highest BCUT2D eigenvalue weighted by molar-refractivity contribution is 7.25. The molecule has 66 heavy (non-hydrogen) atoms. The molecule has 1 nitrogen and oxygen atoms in total. The third-order valence-corrected chi connectivity index (χ3v) is 14.1. The van der Waals surface area contributed by atoms with Gasteiger partial charge >= 0.3 is 0 Å². The molecule has 11 aromatic carbocycles. The molecule has 0 saturated carbocycles. The predicted molar refractivity (Wildman–Crippen MR) is 284 cm³/mol. The molecule has 0 atom stereocenters. The van der Waals surface area contributed by atoms with E-state index in [4.69, 9.17) is 0 Å². The maximum Gasteiger partial charge on any atom is 0.0462 e. The Balaban J connectivity index is 0.843. The number of anilines is 3. The van der Waals surface area contributed by atoms with Crippen molar-refractivity contribution in [2.45, 2.75) is 0 Å². The van der Waals surface area contributed by atoms with Crippen LogP contribution in [0.15, 0.2) is 261 Å².